The molecule has 0 saturated heterocycles. The fraction of sp³-hybridized carbons (Fsp3) is 0.833. The third-order valence-electron chi connectivity index (χ3n) is 1.02. The highest BCUT2D eigenvalue weighted by molar-refractivity contribution is 5.72. The Morgan fingerprint density at radius 1 is 1.78 bits per heavy atom. The quantitative estimate of drug-likeness (QED) is 0.608. The normalized spacial score (nSPS) is 12.8. The first kappa shape index (κ1) is 8.40. The molecule has 1 unspecified atom stereocenters. The highest BCUT2D eigenvalue weighted by atomic mass is 19.1. The second-order valence-electron chi connectivity index (χ2n) is 1.94. The van der Waals surface area contributed by atoms with Crippen LogP contribution in [0.25, 0.3) is 0 Å². The van der Waals surface area contributed by atoms with Crippen LogP contribution >= 0.6 is 0 Å². The van der Waals surface area contributed by atoms with E-state index in [1.807, 2.05) is 0 Å². The summed E-state index contributed by atoms with van der Waals surface area (Å²) in [6.07, 6.45) is -0.436. The van der Waals surface area contributed by atoms with E-state index in [1.54, 1.807) is 6.92 Å². The molecule has 1 N–H and O–H groups in total. The lowest BCUT2D eigenvalue weighted by Gasteiger charge is -2.03. The number of alkyl halides is 1. The van der Waals surface area contributed by atoms with Crippen LogP contribution in [0.15, 0.2) is 0 Å². The minimum absolute atomic E-state index is 0.145. The molecule has 9 heavy (non-hydrogen) atoms. The third kappa shape index (κ3) is 5.27. The molecule has 0 radical (unpaired) electrons. The molecule has 1 amide bonds. The molecular formula is C6H12FNO. The van der Waals surface area contributed by atoms with Gasteiger partial charge in [0.1, 0.15) is 6.17 Å². The molecule has 0 spiro atoms. The zero-order valence-electron chi connectivity index (χ0n) is 5.78. The molecule has 54 valence electrons. The van der Waals surface area contributed by atoms with Crippen molar-refractivity contribution in [3.8, 4) is 0 Å². The largest absolute Gasteiger partial charge is 0.353 e. The van der Waals surface area contributed by atoms with Gasteiger partial charge in [-0.1, -0.05) is 6.92 Å². The molecule has 0 aliphatic carbocycles. The number of carbonyl (C=O) groups excluding carboxylic acids is 1. The fourth-order valence-corrected chi connectivity index (χ4v) is 0.399. The van der Waals surface area contributed by atoms with Crippen LogP contribution in [0.3, 0.4) is 0 Å². The van der Waals surface area contributed by atoms with Crippen LogP contribution in [0.2, 0.25) is 0 Å². The number of rotatable bonds is 3. The second-order valence-corrected chi connectivity index (χ2v) is 1.94. The van der Waals surface area contributed by atoms with Crippen molar-refractivity contribution in [2.75, 3.05) is 6.54 Å². The van der Waals surface area contributed by atoms with Crippen molar-refractivity contribution in [2.45, 2.75) is 26.4 Å². The van der Waals surface area contributed by atoms with E-state index < -0.39 is 6.17 Å². The van der Waals surface area contributed by atoms with Crippen LogP contribution in [0.4, 0.5) is 4.39 Å². The van der Waals surface area contributed by atoms with Crippen LogP contribution in [-0.2, 0) is 4.79 Å². The van der Waals surface area contributed by atoms with E-state index in [0.29, 0.717) is 6.42 Å². The van der Waals surface area contributed by atoms with Gasteiger partial charge in [-0.2, -0.15) is 0 Å². The van der Waals surface area contributed by atoms with Gasteiger partial charge in [-0.25, -0.2) is 4.39 Å². The predicted octanol–water partition coefficient (Wildman–Crippen LogP) is 0.871. The van der Waals surface area contributed by atoms with Gasteiger partial charge in [-0.05, 0) is 6.42 Å². The molecule has 0 saturated carbocycles. The Bertz CT molecular complexity index is 95.1. The van der Waals surface area contributed by atoms with Gasteiger partial charge < -0.3 is 5.32 Å². The third-order valence-corrected chi connectivity index (χ3v) is 1.02. The summed E-state index contributed by atoms with van der Waals surface area (Å²) in [5.41, 5.74) is 0. The Balaban J connectivity index is 3.16. The maximum atomic E-state index is 12.3. The highest BCUT2D eigenvalue weighted by Gasteiger charge is 2.01. The summed E-state index contributed by atoms with van der Waals surface area (Å²) in [5.74, 6) is -0.175. The zero-order valence-corrected chi connectivity index (χ0v) is 5.78. The van der Waals surface area contributed by atoms with Crippen molar-refractivity contribution < 1.29 is 9.18 Å². The van der Waals surface area contributed by atoms with Crippen molar-refractivity contribution >= 4 is 5.91 Å². The number of hydrogen-bond acceptors (Lipinski definition) is 1. The minimum atomic E-state index is -0.895. The Hall–Kier alpha value is -0.600. The maximum absolute atomic E-state index is 12.3. The lowest BCUT2D eigenvalue weighted by molar-refractivity contribution is -0.119. The summed E-state index contributed by atoms with van der Waals surface area (Å²) < 4.78 is 12.3. The first-order valence-electron chi connectivity index (χ1n) is 3.05. The summed E-state index contributed by atoms with van der Waals surface area (Å²) in [5, 5.41) is 2.38. The van der Waals surface area contributed by atoms with E-state index in [1.165, 1.54) is 6.92 Å². The zero-order chi connectivity index (χ0) is 7.28. The van der Waals surface area contributed by atoms with Gasteiger partial charge in [0.2, 0.25) is 5.91 Å². The molecule has 0 aromatic carbocycles. The minimum Gasteiger partial charge on any atom is -0.353 e. The molecule has 0 bridgehead atoms. The maximum Gasteiger partial charge on any atom is 0.216 e. The molecule has 0 aliphatic rings. The summed E-state index contributed by atoms with van der Waals surface area (Å²) in [6.45, 7) is 3.26. The SMILES string of the molecule is CCC(F)CNC(C)=O. The van der Waals surface area contributed by atoms with Crippen LogP contribution < -0.4 is 5.32 Å². The predicted molar refractivity (Wildman–Crippen MR) is 33.9 cm³/mol. The van der Waals surface area contributed by atoms with Crippen molar-refractivity contribution in [3.05, 3.63) is 0 Å². The first-order valence-corrected chi connectivity index (χ1v) is 3.05. The van der Waals surface area contributed by atoms with Crippen molar-refractivity contribution in [2.24, 2.45) is 0 Å². The molecule has 0 aliphatic heterocycles. The van der Waals surface area contributed by atoms with Gasteiger partial charge in [0.25, 0.3) is 0 Å². The molecule has 0 rings (SSSR count). The summed E-state index contributed by atoms with van der Waals surface area (Å²) in [6, 6.07) is 0. The van der Waals surface area contributed by atoms with Crippen molar-refractivity contribution in [1.82, 2.24) is 5.32 Å². The average molecular weight is 133 g/mol. The number of carbonyl (C=O) groups is 1. The number of amides is 1. The molecule has 3 heteroatoms. The van der Waals surface area contributed by atoms with E-state index >= 15 is 0 Å². The van der Waals surface area contributed by atoms with Crippen LogP contribution in [0.5, 0.6) is 0 Å². The second kappa shape index (κ2) is 4.30. The van der Waals surface area contributed by atoms with Gasteiger partial charge in [0, 0.05) is 13.5 Å². The van der Waals surface area contributed by atoms with Gasteiger partial charge in [-0.3, -0.25) is 4.79 Å². The van der Waals surface area contributed by atoms with Crippen LogP contribution in [-0.4, -0.2) is 18.6 Å². The average Bonchev–Trinajstić information content (AvgIpc) is 1.83. The standard InChI is InChI=1S/C6H12FNO/c1-3-6(7)4-8-5(2)9/h6H,3-4H2,1-2H3,(H,8,9). The Kier molecular flexibility index (Phi) is 4.01. The van der Waals surface area contributed by atoms with Gasteiger partial charge in [0.05, 0.1) is 0 Å². The lowest BCUT2D eigenvalue weighted by atomic mass is 10.3. The van der Waals surface area contributed by atoms with Crippen LogP contribution in [0.1, 0.15) is 20.3 Å². The monoisotopic (exact) mass is 133 g/mol. The van der Waals surface area contributed by atoms with E-state index in [4.69, 9.17) is 0 Å². The molecule has 0 fully saturated rings. The van der Waals surface area contributed by atoms with Gasteiger partial charge >= 0.3 is 0 Å². The number of halogens is 1. The fourth-order valence-electron chi connectivity index (χ4n) is 0.399. The highest BCUT2D eigenvalue weighted by Crippen LogP contribution is 1.92. The molecule has 0 aromatic rings. The topological polar surface area (TPSA) is 29.1 Å². The molecule has 1 atom stereocenters. The Morgan fingerprint density at radius 2 is 2.33 bits per heavy atom. The van der Waals surface area contributed by atoms with E-state index in [2.05, 4.69) is 5.32 Å². The van der Waals surface area contributed by atoms with Gasteiger partial charge in [-0.15, -0.1) is 0 Å². The van der Waals surface area contributed by atoms with Crippen molar-refractivity contribution in [3.63, 3.8) is 0 Å². The first-order chi connectivity index (χ1) is 4.16. The molecular weight excluding hydrogens is 121 g/mol. The van der Waals surface area contributed by atoms with Gasteiger partial charge in [0.15, 0.2) is 0 Å². The summed E-state index contributed by atoms with van der Waals surface area (Å²) >= 11 is 0. The van der Waals surface area contributed by atoms with Crippen molar-refractivity contribution in [1.29, 1.82) is 0 Å². The van der Waals surface area contributed by atoms with Crippen LogP contribution in [0, 0.1) is 0 Å². The molecule has 0 heterocycles. The van der Waals surface area contributed by atoms with E-state index in [0.717, 1.165) is 0 Å². The Labute approximate surface area is 54.4 Å². The summed E-state index contributed by atoms with van der Waals surface area (Å²) in [7, 11) is 0. The Morgan fingerprint density at radius 3 is 2.67 bits per heavy atom. The van der Waals surface area contributed by atoms with E-state index in [-0.39, 0.29) is 12.5 Å². The smallest absolute Gasteiger partial charge is 0.216 e. The summed E-state index contributed by atoms with van der Waals surface area (Å²) in [4.78, 5) is 10.2. The molecule has 2 nitrogen and oxygen atoms in total. The number of hydrogen-bond donors (Lipinski definition) is 1. The lowest BCUT2D eigenvalue weighted by Crippen LogP contribution is -2.27. The van der Waals surface area contributed by atoms with E-state index in [9.17, 15) is 9.18 Å². The number of nitrogens with one attached hydrogen (secondary N) is 1. The molecule has 0 aromatic heterocycles.